The largest absolute Gasteiger partial charge is 0.486 e. The van der Waals surface area contributed by atoms with Gasteiger partial charge in [0.2, 0.25) is 0 Å². The van der Waals surface area contributed by atoms with E-state index >= 15 is 0 Å². The molecule has 0 fully saturated rings. The average Bonchev–Trinajstić information content (AvgIpc) is 2.29. The zero-order valence-corrected chi connectivity index (χ0v) is 10.0. The van der Waals surface area contributed by atoms with Crippen LogP contribution in [0.5, 0.6) is 5.75 Å². The van der Waals surface area contributed by atoms with E-state index in [1.54, 1.807) is 7.11 Å². The van der Waals surface area contributed by atoms with Gasteiger partial charge >= 0.3 is 0 Å². The molecule has 0 radical (unpaired) electrons. The summed E-state index contributed by atoms with van der Waals surface area (Å²) in [6.45, 7) is 3.24. The highest BCUT2D eigenvalue weighted by Gasteiger charge is 2.13. The Balaban J connectivity index is 2.58. The maximum absolute atomic E-state index is 13.3. The normalized spacial score (nSPS) is 12.5. The molecule has 1 aromatic carbocycles. The van der Waals surface area contributed by atoms with Crippen molar-refractivity contribution < 1.29 is 18.3 Å². The Labute approximate surface area is 99.7 Å². The quantitative estimate of drug-likeness (QED) is 0.796. The van der Waals surface area contributed by atoms with E-state index in [0.717, 1.165) is 18.7 Å². The molecule has 1 aromatic rings. The molecule has 0 amide bonds. The van der Waals surface area contributed by atoms with Gasteiger partial charge in [-0.2, -0.15) is 0 Å². The lowest BCUT2D eigenvalue weighted by atomic mass is 10.3. The van der Waals surface area contributed by atoms with E-state index < -0.39 is 11.6 Å². The van der Waals surface area contributed by atoms with Gasteiger partial charge in [-0.3, -0.25) is 0 Å². The van der Waals surface area contributed by atoms with Crippen molar-refractivity contribution in [3.05, 3.63) is 29.8 Å². The minimum atomic E-state index is -0.697. The lowest BCUT2D eigenvalue weighted by molar-refractivity contribution is 0.133. The highest BCUT2D eigenvalue weighted by atomic mass is 19.1. The molecule has 0 spiro atoms. The summed E-state index contributed by atoms with van der Waals surface area (Å²) in [4.78, 5) is 0. The van der Waals surface area contributed by atoms with Crippen molar-refractivity contribution in [1.82, 2.24) is 5.32 Å². The number of rotatable bonds is 7. The molecule has 0 aliphatic carbocycles. The minimum absolute atomic E-state index is 0.0935. The molecule has 1 rings (SSSR count). The molecule has 0 aromatic heterocycles. The van der Waals surface area contributed by atoms with Crippen LogP contribution in [0.1, 0.15) is 6.92 Å². The van der Waals surface area contributed by atoms with Crippen LogP contribution in [0, 0.1) is 11.6 Å². The second-order valence-corrected chi connectivity index (χ2v) is 3.57. The van der Waals surface area contributed by atoms with Gasteiger partial charge in [-0.15, -0.1) is 0 Å². The standard InChI is InChI=1S/C12H17F2NO2/c1-3-15-9(7-16-2)8-17-12-10(13)5-4-6-11(12)14/h4-6,9,15H,3,7-8H2,1-2H3. The molecule has 3 nitrogen and oxygen atoms in total. The van der Waals surface area contributed by atoms with Gasteiger partial charge in [0.05, 0.1) is 12.6 Å². The van der Waals surface area contributed by atoms with Gasteiger partial charge in [-0.1, -0.05) is 13.0 Å². The fourth-order valence-corrected chi connectivity index (χ4v) is 1.46. The van der Waals surface area contributed by atoms with Gasteiger partial charge in [0.15, 0.2) is 17.4 Å². The fourth-order valence-electron chi connectivity index (χ4n) is 1.46. The van der Waals surface area contributed by atoms with Crippen LogP contribution in [-0.4, -0.2) is 32.9 Å². The van der Waals surface area contributed by atoms with Crippen LogP contribution in [0.4, 0.5) is 8.78 Å². The predicted octanol–water partition coefficient (Wildman–Crippen LogP) is 1.97. The SMILES string of the molecule is CCNC(COC)COc1c(F)cccc1F. The molecule has 1 unspecified atom stereocenters. The number of likely N-dealkylation sites (N-methyl/N-ethyl adjacent to an activating group) is 1. The van der Waals surface area contributed by atoms with Crippen LogP contribution in [0.25, 0.3) is 0 Å². The van der Waals surface area contributed by atoms with E-state index in [2.05, 4.69) is 5.32 Å². The second-order valence-electron chi connectivity index (χ2n) is 3.57. The average molecular weight is 245 g/mol. The van der Waals surface area contributed by atoms with Crippen LogP contribution in [0.2, 0.25) is 0 Å². The number of hydrogen-bond acceptors (Lipinski definition) is 3. The lowest BCUT2D eigenvalue weighted by Crippen LogP contribution is -2.38. The van der Waals surface area contributed by atoms with Crippen molar-refractivity contribution in [3.8, 4) is 5.75 Å². The monoisotopic (exact) mass is 245 g/mol. The Morgan fingerprint density at radius 3 is 2.41 bits per heavy atom. The number of ether oxygens (including phenoxy) is 2. The summed E-state index contributed by atoms with van der Waals surface area (Å²) in [6.07, 6.45) is 0. The van der Waals surface area contributed by atoms with Gasteiger partial charge in [-0.05, 0) is 18.7 Å². The lowest BCUT2D eigenvalue weighted by Gasteiger charge is -2.18. The molecule has 0 bridgehead atoms. The van der Waals surface area contributed by atoms with Crippen molar-refractivity contribution in [1.29, 1.82) is 0 Å². The van der Waals surface area contributed by atoms with Crippen LogP contribution < -0.4 is 10.1 Å². The topological polar surface area (TPSA) is 30.5 Å². The molecular formula is C12H17F2NO2. The van der Waals surface area contributed by atoms with Gasteiger partial charge in [0.1, 0.15) is 6.61 Å². The summed E-state index contributed by atoms with van der Waals surface area (Å²) in [5, 5.41) is 3.10. The first-order valence-corrected chi connectivity index (χ1v) is 5.48. The fraction of sp³-hybridized carbons (Fsp3) is 0.500. The summed E-state index contributed by atoms with van der Waals surface area (Å²) in [5.41, 5.74) is 0. The summed E-state index contributed by atoms with van der Waals surface area (Å²) >= 11 is 0. The zero-order chi connectivity index (χ0) is 12.7. The Morgan fingerprint density at radius 2 is 1.88 bits per heavy atom. The van der Waals surface area contributed by atoms with Crippen molar-refractivity contribution in [2.75, 3.05) is 26.9 Å². The molecule has 0 heterocycles. The third kappa shape index (κ3) is 4.28. The molecule has 0 saturated heterocycles. The Morgan fingerprint density at radius 1 is 1.24 bits per heavy atom. The van der Waals surface area contributed by atoms with Crippen LogP contribution in [-0.2, 0) is 4.74 Å². The summed E-state index contributed by atoms with van der Waals surface area (Å²) in [7, 11) is 1.56. The first-order valence-electron chi connectivity index (χ1n) is 5.48. The van der Waals surface area contributed by atoms with E-state index in [4.69, 9.17) is 9.47 Å². The van der Waals surface area contributed by atoms with Crippen LogP contribution >= 0.6 is 0 Å². The van der Waals surface area contributed by atoms with Gasteiger partial charge < -0.3 is 14.8 Å². The van der Waals surface area contributed by atoms with Gasteiger partial charge in [0.25, 0.3) is 0 Å². The first kappa shape index (κ1) is 13.9. The van der Waals surface area contributed by atoms with E-state index in [1.165, 1.54) is 6.07 Å². The first-order chi connectivity index (χ1) is 8.19. The number of methoxy groups -OCH3 is 1. The van der Waals surface area contributed by atoms with Crippen LogP contribution in [0.15, 0.2) is 18.2 Å². The highest BCUT2D eigenvalue weighted by molar-refractivity contribution is 5.26. The van der Waals surface area contributed by atoms with Crippen LogP contribution in [0.3, 0.4) is 0 Å². The summed E-state index contributed by atoms with van der Waals surface area (Å²) < 4.78 is 36.6. The molecule has 0 aliphatic heterocycles. The predicted molar refractivity (Wildman–Crippen MR) is 61.2 cm³/mol. The molecule has 17 heavy (non-hydrogen) atoms. The number of halogens is 2. The van der Waals surface area contributed by atoms with E-state index in [1.807, 2.05) is 6.92 Å². The molecule has 5 heteroatoms. The Hall–Kier alpha value is -1.20. The highest BCUT2D eigenvalue weighted by Crippen LogP contribution is 2.20. The maximum atomic E-state index is 13.3. The Kier molecular flexibility index (Phi) is 5.86. The second kappa shape index (κ2) is 7.19. The number of benzene rings is 1. The summed E-state index contributed by atoms with van der Waals surface area (Å²) in [6, 6.07) is 3.53. The van der Waals surface area contributed by atoms with E-state index in [9.17, 15) is 8.78 Å². The molecule has 96 valence electrons. The maximum Gasteiger partial charge on any atom is 0.190 e. The Bertz CT molecular complexity index is 321. The van der Waals surface area contributed by atoms with Crippen molar-refractivity contribution in [2.24, 2.45) is 0 Å². The van der Waals surface area contributed by atoms with Gasteiger partial charge in [-0.25, -0.2) is 8.78 Å². The molecule has 1 N–H and O–H groups in total. The molecule has 1 atom stereocenters. The number of para-hydroxylation sites is 1. The van der Waals surface area contributed by atoms with E-state index in [0.29, 0.717) is 6.61 Å². The third-order valence-corrected chi connectivity index (χ3v) is 2.21. The zero-order valence-electron chi connectivity index (χ0n) is 10.0. The minimum Gasteiger partial charge on any atom is -0.486 e. The third-order valence-electron chi connectivity index (χ3n) is 2.21. The smallest absolute Gasteiger partial charge is 0.190 e. The number of hydrogen-bond donors (Lipinski definition) is 1. The molecule has 0 aliphatic rings. The van der Waals surface area contributed by atoms with E-state index in [-0.39, 0.29) is 18.4 Å². The molecule has 0 saturated carbocycles. The number of nitrogens with one attached hydrogen (secondary N) is 1. The van der Waals surface area contributed by atoms with Gasteiger partial charge in [0, 0.05) is 7.11 Å². The van der Waals surface area contributed by atoms with Crippen molar-refractivity contribution in [2.45, 2.75) is 13.0 Å². The van der Waals surface area contributed by atoms with Crippen molar-refractivity contribution in [3.63, 3.8) is 0 Å². The molecular weight excluding hydrogens is 228 g/mol. The summed E-state index contributed by atoms with van der Waals surface area (Å²) in [5.74, 6) is -1.73. The van der Waals surface area contributed by atoms with Crippen molar-refractivity contribution >= 4 is 0 Å².